The molecule has 2 aromatic heterocycles. The standard InChI is InChI=1S/C13H16BrN5O/c1-8(2)12-16-5-10(14)11(18-12)13(20)19(3)6-9-4-15-7-17-9/h4-5,7-8H,6H2,1-3H3,(H,15,17). The van der Waals surface area contributed by atoms with E-state index in [9.17, 15) is 4.79 Å². The number of imidazole rings is 1. The molecule has 1 amide bonds. The highest BCUT2D eigenvalue weighted by atomic mass is 79.9. The van der Waals surface area contributed by atoms with Crippen molar-refractivity contribution in [2.45, 2.75) is 26.3 Å². The van der Waals surface area contributed by atoms with Crippen molar-refractivity contribution in [3.05, 3.63) is 40.4 Å². The Morgan fingerprint density at radius 3 is 2.80 bits per heavy atom. The summed E-state index contributed by atoms with van der Waals surface area (Å²) in [6.07, 6.45) is 4.91. The molecule has 2 rings (SSSR count). The van der Waals surface area contributed by atoms with Crippen LogP contribution in [0.1, 0.15) is 41.8 Å². The first-order valence-electron chi connectivity index (χ1n) is 6.24. The Morgan fingerprint density at radius 2 is 2.20 bits per heavy atom. The third kappa shape index (κ3) is 3.22. The topological polar surface area (TPSA) is 74.8 Å². The van der Waals surface area contributed by atoms with E-state index in [2.05, 4.69) is 35.9 Å². The summed E-state index contributed by atoms with van der Waals surface area (Å²) in [7, 11) is 1.73. The van der Waals surface area contributed by atoms with Gasteiger partial charge in [-0.25, -0.2) is 15.0 Å². The summed E-state index contributed by atoms with van der Waals surface area (Å²) < 4.78 is 0.600. The van der Waals surface area contributed by atoms with E-state index in [0.29, 0.717) is 22.5 Å². The molecule has 0 radical (unpaired) electrons. The summed E-state index contributed by atoms with van der Waals surface area (Å²) in [5.41, 5.74) is 1.25. The van der Waals surface area contributed by atoms with Gasteiger partial charge in [0.2, 0.25) is 0 Å². The monoisotopic (exact) mass is 337 g/mol. The molecule has 20 heavy (non-hydrogen) atoms. The Bertz CT molecular complexity index is 597. The van der Waals surface area contributed by atoms with Gasteiger partial charge in [-0.05, 0) is 15.9 Å². The van der Waals surface area contributed by atoms with E-state index < -0.39 is 0 Å². The lowest BCUT2D eigenvalue weighted by Crippen LogP contribution is -2.28. The molecule has 7 heteroatoms. The summed E-state index contributed by atoms with van der Waals surface area (Å²) in [4.78, 5) is 29.5. The van der Waals surface area contributed by atoms with Crippen molar-refractivity contribution >= 4 is 21.8 Å². The fourth-order valence-electron chi connectivity index (χ4n) is 1.69. The maximum absolute atomic E-state index is 12.4. The first-order chi connectivity index (χ1) is 9.49. The molecular weight excluding hydrogens is 322 g/mol. The minimum absolute atomic E-state index is 0.157. The number of carbonyl (C=O) groups is 1. The second kappa shape index (κ2) is 6.13. The molecule has 0 aliphatic rings. The number of hydrogen-bond donors (Lipinski definition) is 1. The minimum Gasteiger partial charge on any atom is -0.347 e. The largest absolute Gasteiger partial charge is 0.347 e. The van der Waals surface area contributed by atoms with Crippen LogP contribution in [-0.4, -0.2) is 37.8 Å². The van der Waals surface area contributed by atoms with E-state index >= 15 is 0 Å². The predicted molar refractivity (Wildman–Crippen MR) is 78.2 cm³/mol. The average molecular weight is 338 g/mol. The fourth-order valence-corrected chi connectivity index (χ4v) is 2.05. The van der Waals surface area contributed by atoms with E-state index in [1.807, 2.05) is 13.8 Å². The van der Waals surface area contributed by atoms with Crippen LogP contribution in [0.15, 0.2) is 23.2 Å². The number of rotatable bonds is 4. The van der Waals surface area contributed by atoms with Gasteiger partial charge in [-0.1, -0.05) is 13.8 Å². The quantitative estimate of drug-likeness (QED) is 0.929. The van der Waals surface area contributed by atoms with Crippen LogP contribution in [0.25, 0.3) is 0 Å². The first kappa shape index (κ1) is 14.6. The number of hydrogen-bond acceptors (Lipinski definition) is 4. The highest BCUT2D eigenvalue weighted by Gasteiger charge is 2.19. The van der Waals surface area contributed by atoms with Crippen molar-refractivity contribution in [1.82, 2.24) is 24.8 Å². The number of halogens is 1. The van der Waals surface area contributed by atoms with E-state index in [-0.39, 0.29) is 11.8 Å². The maximum Gasteiger partial charge on any atom is 0.273 e. The lowest BCUT2D eigenvalue weighted by molar-refractivity contribution is 0.0776. The third-order valence-electron chi connectivity index (χ3n) is 2.79. The highest BCUT2D eigenvalue weighted by Crippen LogP contribution is 2.18. The molecule has 2 aromatic rings. The average Bonchev–Trinajstić information content (AvgIpc) is 2.91. The van der Waals surface area contributed by atoms with E-state index in [0.717, 1.165) is 5.69 Å². The van der Waals surface area contributed by atoms with Crippen LogP contribution < -0.4 is 0 Å². The van der Waals surface area contributed by atoms with Gasteiger partial charge in [-0.15, -0.1) is 0 Å². The van der Waals surface area contributed by atoms with Gasteiger partial charge < -0.3 is 9.88 Å². The summed E-state index contributed by atoms with van der Waals surface area (Å²) in [6.45, 7) is 4.43. The number of amides is 1. The summed E-state index contributed by atoms with van der Waals surface area (Å²) in [5, 5.41) is 0. The van der Waals surface area contributed by atoms with Crippen LogP contribution in [0.4, 0.5) is 0 Å². The lowest BCUT2D eigenvalue weighted by atomic mass is 10.2. The van der Waals surface area contributed by atoms with Crippen molar-refractivity contribution in [2.75, 3.05) is 7.05 Å². The molecule has 0 atom stereocenters. The summed E-state index contributed by atoms with van der Waals surface area (Å²) in [5.74, 6) is 0.676. The Labute approximate surface area is 125 Å². The van der Waals surface area contributed by atoms with Gasteiger partial charge in [0.05, 0.1) is 23.0 Å². The van der Waals surface area contributed by atoms with E-state index in [1.54, 1.807) is 30.7 Å². The van der Waals surface area contributed by atoms with Crippen LogP contribution in [-0.2, 0) is 6.54 Å². The molecule has 0 aromatic carbocycles. The highest BCUT2D eigenvalue weighted by molar-refractivity contribution is 9.10. The smallest absolute Gasteiger partial charge is 0.273 e. The van der Waals surface area contributed by atoms with Crippen LogP contribution in [0.2, 0.25) is 0 Å². The molecule has 0 bridgehead atoms. The zero-order valence-corrected chi connectivity index (χ0v) is 13.2. The van der Waals surface area contributed by atoms with Crippen molar-refractivity contribution in [3.8, 4) is 0 Å². The zero-order valence-electron chi connectivity index (χ0n) is 11.6. The molecule has 0 saturated heterocycles. The molecule has 0 aliphatic carbocycles. The van der Waals surface area contributed by atoms with Gasteiger partial charge in [-0.3, -0.25) is 4.79 Å². The van der Waals surface area contributed by atoms with Crippen molar-refractivity contribution in [2.24, 2.45) is 0 Å². The maximum atomic E-state index is 12.4. The molecule has 1 N–H and O–H groups in total. The lowest BCUT2D eigenvalue weighted by Gasteiger charge is -2.17. The molecule has 0 fully saturated rings. The number of aromatic amines is 1. The first-order valence-corrected chi connectivity index (χ1v) is 7.03. The van der Waals surface area contributed by atoms with Gasteiger partial charge in [0.1, 0.15) is 11.5 Å². The van der Waals surface area contributed by atoms with Gasteiger partial charge in [0.25, 0.3) is 5.91 Å². The zero-order chi connectivity index (χ0) is 14.7. The summed E-state index contributed by atoms with van der Waals surface area (Å²) in [6, 6.07) is 0. The van der Waals surface area contributed by atoms with E-state index in [1.165, 1.54) is 0 Å². The van der Waals surface area contributed by atoms with Gasteiger partial charge in [0.15, 0.2) is 0 Å². The number of H-pyrrole nitrogens is 1. The van der Waals surface area contributed by atoms with Crippen molar-refractivity contribution in [3.63, 3.8) is 0 Å². The molecular formula is C13H16BrN5O. The van der Waals surface area contributed by atoms with E-state index in [4.69, 9.17) is 0 Å². The van der Waals surface area contributed by atoms with Crippen molar-refractivity contribution < 1.29 is 4.79 Å². The Morgan fingerprint density at radius 1 is 1.45 bits per heavy atom. The van der Waals surface area contributed by atoms with Gasteiger partial charge >= 0.3 is 0 Å². The molecule has 0 spiro atoms. The second-order valence-corrected chi connectivity index (χ2v) is 5.67. The predicted octanol–water partition coefficient (Wildman–Crippen LogP) is 2.36. The van der Waals surface area contributed by atoms with Crippen LogP contribution in [0.5, 0.6) is 0 Å². The van der Waals surface area contributed by atoms with Crippen molar-refractivity contribution in [1.29, 1.82) is 0 Å². The number of carbonyl (C=O) groups excluding carboxylic acids is 1. The molecule has 106 valence electrons. The molecule has 2 heterocycles. The number of nitrogens with one attached hydrogen (secondary N) is 1. The second-order valence-electron chi connectivity index (χ2n) is 4.82. The molecule has 0 saturated carbocycles. The Balaban J connectivity index is 2.21. The minimum atomic E-state index is -0.157. The normalized spacial score (nSPS) is 10.8. The number of nitrogens with zero attached hydrogens (tertiary/aromatic N) is 4. The Hall–Kier alpha value is -1.76. The van der Waals surface area contributed by atoms with Crippen LogP contribution in [0.3, 0.4) is 0 Å². The third-order valence-corrected chi connectivity index (χ3v) is 3.37. The summed E-state index contributed by atoms with van der Waals surface area (Å²) >= 11 is 3.33. The Kier molecular flexibility index (Phi) is 4.49. The van der Waals surface area contributed by atoms with Crippen LogP contribution in [0, 0.1) is 0 Å². The molecule has 0 unspecified atom stereocenters. The van der Waals surface area contributed by atoms with Gasteiger partial charge in [0, 0.05) is 25.4 Å². The molecule has 6 nitrogen and oxygen atoms in total. The molecule has 0 aliphatic heterocycles. The number of aromatic nitrogens is 4. The fraction of sp³-hybridized carbons (Fsp3) is 0.385. The van der Waals surface area contributed by atoms with Gasteiger partial charge in [-0.2, -0.15) is 0 Å². The SMILES string of the molecule is CC(C)c1ncc(Br)c(C(=O)N(C)Cc2cnc[nH]2)n1. The van der Waals surface area contributed by atoms with Crippen LogP contribution >= 0.6 is 15.9 Å².